The van der Waals surface area contributed by atoms with Gasteiger partial charge in [0, 0.05) is 0 Å². The van der Waals surface area contributed by atoms with Crippen LogP contribution in [0.4, 0.5) is 0 Å². The Morgan fingerprint density at radius 3 is 2.55 bits per heavy atom. The van der Waals surface area contributed by atoms with Crippen LogP contribution >= 0.6 is 0 Å². The van der Waals surface area contributed by atoms with Crippen molar-refractivity contribution in [3.05, 3.63) is 23.9 Å². The minimum absolute atomic E-state index is 0. The maximum atomic E-state index is 4.86. The molecule has 0 aliphatic carbocycles. The number of hydrogen-bond acceptors (Lipinski definition) is 2. The molecule has 0 unspecified atom stereocenters. The van der Waals surface area contributed by atoms with Crippen LogP contribution in [0.1, 0.15) is 5.56 Å². The number of pyridine rings is 1. The summed E-state index contributed by atoms with van der Waals surface area (Å²) in [6.45, 7) is 1.95. The van der Waals surface area contributed by atoms with Crippen LogP contribution in [0.15, 0.2) is 12.3 Å². The van der Waals surface area contributed by atoms with Crippen molar-refractivity contribution in [1.82, 2.24) is 4.98 Å². The van der Waals surface area contributed by atoms with Gasteiger partial charge in [-0.3, -0.25) is 4.98 Å². The van der Waals surface area contributed by atoms with Gasteiger partial charge in [-0.05, 0) is 0 Å². The van der Waals surface area contributed by atoms with E-state index < -0.39 is 0 Å². The van der Waals surface area contributed by atoms with E-state index in [1.54, 1.807) is 13.3 Å². The molecule has 11 heavy (non-hydrogen) atoms. The van der Waals surface area contributed by atoms with E-state index in [1.807, 2.05) is 13.0 Å². The Kier molecular flexibility index (Phi) is 8.61. The molecule has 1 aromatic rings. The molecular weight excluding hydrogens is 218 g/mol. The van der Waals surface area contributed by atoms with Gasteiger partial charge in [-0.2, -0.15) is 0 Å². The molecule has 0 aliphatic rings. The first-order valence-electron chi connectivity index (χ1n) is 2.71. The zero-order chi connectivity index (χ0) is 6.69. The van der Waals surface area contributed by atoms with E-state index in [-0.39, 0.29) is 40.0 Å². The van der Waals surface area contributed by atoms with Crippen molar-refractivity contribution in [3.63, 3.8) is 0 Å². The van der Waals surface area contributed by atoms with Gasteiger partial charge in [0.05, 0.1) is 7.11 Å². The maximum Gasteiger partial charge on any atom is 2.00 e. The summed E-state index contributed by atoms with van der Waals surface area (Å²) < 4.78 is 4.86. The Morgan fingerprint density at radius 2 is 2.18 bits per heavy atom. The summed E-state index contributed by atoms with van der Waals surface area (Å²) in [5.41, 5.74) is 1.04. The molecule has 0 N–H and O–H groups in total. The minimum Gasteiger partial charge on any atom is -1.00 e. The number of aryl methyl sites for hydroxylation is 1. The summed E-state index contributed by atoms with van der Waals surface area (Å²) in [5.74, 6) is 0.645. The third kappa shape index (κ3) is 4.60. The molecule has 1 aromatic heterocycles. The molecule has 1 heterocycles. The fourth-order valence-electron chi connectivity index (χ4n) is 0.573. The molecule has 0 spiro atoms. The van der Waals surface area contributed by atoms with E-state index in [0.29, 0.717) is 5.88 Å². The Balaban J connectivity index is 0. The standard InChI is InChI=1S/C7H8NO.BrH.Mg/c1-6-3-4-8-7(5-6)9-2;;/h4-5H,1-2H3;1H;/q-1;;+2/p-1. The van der Waals surface area contributed by atoms with Gasteiger partial charge in [-0.25, -0.2) is 11.6 Å². The summed E-state index contributed by atoms with van der Waals surface area (Å²) in [6, 6.07) is 4.75. The van der Waals surface area contributed by atoms with Gasteiger partial charge in [0.25, 0.3) is 0 Å². The quantitative estimate of drug-likeness (QED) is 0.401. The Bertz CT molecular complexity index is 207. The first-order valence-corrected chi connectivity index (χ1v) is 2.71. The number of hydrogen-bond donors (Lipinski definition) is 0. The van der Waals surface area contributed by atoms with Crippen LogP contribution in [-0.4, -0.2) is 35.1 Å². The molecule has 56 valence electrons. The summed E-state index contributed by atoms with van der Waals surface area (Å²) in [4.78, 5) is 3.88. The topological polar surface area (TPSA) is 22.1 Å². The van der Waals surface area contributed by atoms with Crippen LogP contribution < -0.4 is 21.7 Å². The summed E-state index contributed by atoms with van der Waals surface area (Å²) in [7, 11) is 1.60. The number of aromatic nitrogens is 1. The van der Waals surface area contributed by atoms with Gasteiger partial charge in [0.15, 0.2) is 0 Å². The molecule has 0 bridgehead atoms. The van der Waals surface area contributed by atoms with Crippen molar-refractivity contribution >= 4 is 23.1 Å². The number of nitrogens with zero attached hydrogens (tertiary/aromatic N) is 1. The average molecular weight is 226 g/mol. The second-order valence-corrected chi connectivity index (χ2v) is 1.77. The van der Waals surface area contributed by atoms with Crippen molar-refractivity contribution in [1.29, 1.82) is 0 Å². The number of methoxy groups -OCH3 is 1. The van der Waals surface area contributed by atoms with Gasteiger partial charge >= 0.3 is 23.1 Å². The van der Waals surface area contributed by atoms with Crippen LogP contribution in [0.3, 0.4) is 0 Å². The largest absolute Gasteiger partial charge is 2.00 e. The predicted molar refractivity (Wildman–Crippen MR) is 40.1 cm³/mol. The van der Waals surface area contributed by atoms with E-state index in [4.69, 9.17) is 4.74 Å². The first kappa shape index (κ1) is 13.8. The molecule has 2 nitrogen and oxygen atoms in total. The van der Waals surface area contributed by atoms with Crippen molar-refractivity contribution in [2.45, 2.75) is 6.92 Å². The maximum absolute atomic E-state index is 4.86. The molecule has 0 aliphatic heterocycles. The average Bonchev–Trinajstić information content (AvgIpc) is 1.88. The van der Waals surface area contributed by atoms with E-state index in [1.165, 1.54) is 0 Å². The fourth-order valence-corrected chi connectivity index (χ4v) is 0.573. The third-order valence-corrected chi connectivity index (χ3v) is 1.03. The van der Waals surface area contributed by atoms with Crippen LogP contribution in [0, 0.1) is 13.0 Å². The Hall–Kier alpha value is 0.196. The zero-order valence-corrected chi connectivity index (χ0v) is 9.60. The van der Waals surface area contributed by atoms with E-state index in [0.717, 1.165) is 5.56 Å². The molecule has 0 saturated carbocycles. The molecule has 0 aromatic carbocycles. The summed E-state index contributed by atoms with van der Waals surface area (Å²) in [5, 5.41) is 0. The Labute approximate surface area is 93.3 Å². The normalized spacial score (nSPS) is 7.45. The van der Waals surface area contributed by atoms with Gasteiger partial charge in [-0.15, -0.1) is 6.07 Å². The molecule has 0 atom stereocenters. The van der Waals surface area contributed by atoms with Crippen molar-refractivity contribution in [2.75, 3.05) is 7.11 Å². The van der Waals surface area contributed by atoms with Crippen LogP contribution in [0.25, 0.3) is 0 Å². The smallest absolute Gasteiger partial charge is 1.00 e. The molecular formula is C7H8BrMgNO. The molecule has 0 amide bonds. The van der Waals surface area contributed by atoms with Crippen molar-refractivity contribution < 1.29 is 21.7 Å². The molecule has 1 rings (SSSR count). The number of halogens is 1. The first-order chi connectivity index (χ1) is 4.33. The van der Waals surface area contributed by atoms with E-state index in [2.05, 4.69) is 11.1 Å². The van der Waals surface area contributed by atoms with Crippen LogP contribution in [0.2, 0.25) is 0 Å². The van der Waals surface area contributed by atoms with E-state index in [9.17, 15) is 0 Å². The van der Waals surface area contributed by atoms with Crippen molar-refractivity contribution in [2.24, 2.45) is 0 Å². The molecule has 0 saturated heterocycles. The predicted octanol–water partition coefficient (Wildman–Crippen LogP) is -2.18. The second kappa shape index (κ2) is 6.88. The number of ether oxygens (including phenoxy) is 1. The molecule has 0 fully saturated rings. The van der Waals surface area contributed by atoms with Gasteiger partial charge in [0.1, 0.15) is 5.88 Å². The minimum atomic E-state index is 0. The van der Waals surface area contributed by atoms with Crippen LogP contribution in [-0.2, 0) is 0 Å². The summed E-state index contributed by atoms with van der Waals surface area (Å²) in [6.07, 6.45) is 1.61. The van der Waals surface area contributed by atoms with Crippen molar-refractivity contribution in [3.8, 4) is 5.88 Å². The third-order valence-electron chi connectivity index (χ3n) is 1.03. The molecule has 4 heteroatoms. The summed E-state index contributed by atoms with van der Waals surface area (Å²) >= 11 is 0. The monoisotopic (exact) mass is 225 g/mol. The van der Waals surface area contributed by atoms with Gasteiger partial charge in [-0.1, -0.05) is 13.1 Å². The Morgan fingerprint density at radius 1 is 1.55 bits per heavy atom. The molecule has 0 radical (unpaired) electrons. The van der Waals surface area contributed by atoms with E-state index >= 15 is 0 Å². The zero-order valence-electron chi connectivity index (χ0n) is 6.60. The van der Waals surface area contributed by atoms with Gasteiger partial charge < -0.3 is 21.7 Å². The van der Waals surface area contributed by atoms with Gasteiger partial charge in [0.2, 0.25) is 0 Å². The number of rotatable bonds is 1. The second-order valence-electron chi connectivity index (χ2n) is 1.77. The van der Waals surface area contributed by atoms with Crippen LogP contribution in [0.5, 0.6) is 5.88 Å². The fraction of sp³-hybridized carbons (Fsp3) is 0.286. The SMILES string of the molecule is COc1cc(C)[c-]cn1.[Br-].[Mg+2].